The van der Waals surface area contributed by atoms with E-state index in [4.69, 9.17) is 5.26 Å². The molecular weight excluding hydrogens is 278 g/mol. The van der Waals surface area contributed by atoms with Crippen molar-refractivity contribution in [2.45, 2.75) is 20.3 Å². The van der Waals surface area contributed by atoms with Gasteiger partial charge >= 0.3 is 0 Å². The van der Waals surface area contributed by atoms with Crippen LogP contribution in [0.1, 0.15) is 16.8 Å². The topological polar surface area (TPSA) is 41.6 Å². The highest BCUT2D eigenvalue weighted by atomic mass is 79.9. The van der Waals surface area contributed by atoms with E-state index < -0.39 is 0 Å². The molecule has 3 nitrogen and oxygen atoms in total. The minimum Gasteiger partial charge on any atom is -0.240 e. The van der Waals surface area contributed by atoms with Crippen molar-refractivity contribution in [3.05, 3.63) is 45.7 Å². The Morgan fingerprint density at radius 2 is 2.18 bits per heavy atom. The zero-order valence-corrected chi connectivity index (χ0v) is 11.3. The van der Waals surface area contributed by atoms with Gasteiger partial charge in [0, 0.05) is 16.2 Å². The van der Waals surface area contributed by atoms with Gasteiger partial charge in [0.05, 0.1) is 23.9 Å². The van der Waals surface area contributed by atoms with Crippen LogP contribution in [0.25, 0.3) is 5.69 Å². The van der Waals surface area contributed by atoms with Crippen LogP contribution in [0.15, 0.2) is 28.9 Å². The van der Waals surface area contributed by atoms with E-state index >= 15 is 0 Å². The zero-order chi connectivity index (χ0) is 12.4. The van der Waals surface area contributed by atoms with Crippen molar-refractivity contribution in [1.29, 1.82) is 5.26 Å². The molecule has 86 valence electrons. The van der Waals surface area contributed by atoms with E-state index in [1.807, 2.05) is 36.9 Å². The number of rotatable bonds is 2. The predicted molar refractivity (Wildman–Crippen MR) is 70.1 cm³/mol. The van der Waals surface area contributed by atoms with Crippen LogP contribution in [-0.2, 0) is 6.42 Å². The fourth-order valence-corrected chi connectivity index (χ4v) is 2.23. The summed E-state index contributed by atoms with van der Waals surface area (Å²) < 4.78 is 2.89. The van der Waals surface area contributed by atoms with Gasteiger partial charge in [-0.3, -0.25) is 0 Å². The highest BCUT2D eigenvalue weighted by Crippen LogP contribution is 2.20. The van der Waals surface area contributed by atoms with E-state index in [9.17, 15) is 0 Å². The summed E-state index contributed by atoms with van der Waals surface area (Å²) >= 11 is 3.44. The van der Waals surface area contributed by atoms with Crippen LogP contribution in [0, 0.1) is 25.2 Å². The Morgan fingerprint density at radius 1 is 1.41 bits per heavy atom. The summed E-state index contributed by atoms with van der Waals surface area (Å²) in [4.78, 5) is 0. The second-order valence-electron chi connectivity index (χ2n) is 3.95. The summed E-state index contributed by atoms with van der Waals surface area (Å²) in [5, 5.41) is 13.2. The summed E-state index contributed by atoms with van der Waals surface area (Å²) in [5.74, 6) is 0. The maximum absolute atomic E-state index is 8.72. The lowest BCUT2D eigenvalue weighted by molar-refractivity contribution is 0.855. The lowest BCUT2D eigenvalue weighted by atomic mass is 10.2. The van der Waals surface area contributed by atoms with Crippen LogP contribution in [0.3, 0.4) is 0 Å². The van der Waals surface area contributed by atoms with Gasteiger partial charge in [-0.15, -0.1) is 0 Å². The molecule has 0 N–H and O–H groups in total. The monoisotopic (exact) mass is 289 g/mol. The Morgan fingerprint density at radius 3 is 2.82 bits per heavy atom. The summed E-state index contributed by atoms with van der Waals surface area (Å²) in [6.45, 7) is 3.97. The normalized spacial score (nSPS) is 10.2. The molecule has 0 spiro atoms. The molecule has 0 saturated carbocycles. The molecule has 1 aromatic heterocycles. The number of halogens is 1. The maximum Gasteiger partial charge on any atom is 0.0675 e. The molecule has 4 heteroatoms. The molecule has 0 fully saturated rings. The highest BCUT2D eigenvalue weighted by molar-refractivity contribution is 9.10. The van der Waals surface area contributed by atoms with Crippen molar-refractivity contribution in [3.63, 3.8) is 0 Å². The van der Waals surface area contributed by atoms with Gasteiger partial charge in [-0.25, -0.2) is 4.68 Å². The van der Waals surface area contributed by atoms with Crippen LogP contribution >= 0.6 is 15.9 Å². The number of hydrogen-bond donors (Lipinski definition) is 0. The third-order valence-corrected chi connectivity index (χ3v) is 3.17. The molecule has 0 saturated heterocycles. The van der Waals surface area contributed by atoms with Gasteiger partial charge in [-0.05, 0) is 37.6 Å². The third-order valence-electron chi connectivity index (χ3n) is 2.68. The number of benzene rings is 1. The molecule has 17 heavy (non-hydrogen) atoms. The third kappa shape index (κ3) is 2.40. The summed E-state index contributed by atoms with van der Waals surface area (Å²) in [6, 6.07) is 8.21. The number of hydrogen-bond acceptors (Lipinski definition) is 2. The first-order valence-electron chi connectivity index (χ1n) is 5.30. The Labute approximate surface area is 109 Å². The van der Waals surface area contributed by atoms with Crippen molar-refractivity contribution >= 4 is 15.9 Å². The van der Waals surface area contributed by atoms with Crippen LogP contribution in [0.4, 0.5) is 0 Å². The second kappa shape index (κ2) is 4.72. The van der Waals surface area contributed by atoms with Gasteiger partial charge in [-0.1, -0.05) is 15.9 Å². The van der Waals surface area contributed by atoms with Crippen molar-refractivity contribution in [1.82, 2.24) is 9.78 Å². The lowest BCUT2D eigenvalue weighted by Crippen LogP contribution is -1.97. The SMILES string of the molecule is Cc1cc(Br)ccc1-n1cc(CC#N)c(C)n1. The van der Waals surface area contributed by atoms with Crippen LogP contribution < -0.4 is 0 Å². The first-order valence-corrected chi connectivity index (χ1v) is 6.09. The standard InChI is InChI=1S/C13H12BrN3/c1-9-7-12(14)3-4-13(9)17-8-11(5-6-15)10(2)16-17/h3-4,7-8H,5H2,1-2H3. The lowest BCUT2D eigenvalue weighted by Gasteiger charge is -2.05. The molecule has 1 aromatic carbocycles. The molecule has 0 aliphatic carbocycles. The van der Waals surface area contributed by atoms with Crippen LogP contribution in [0.5, 0.6) is 0 Å². The number of nitriles is 1. The van der Waals surface area contributed by atoms with Crippen molar-refractivity contribution < 1.29 is 0 Å². The average molecular weight is 290 g/mol. The minimum atomic E-state index is 0.404. The first-order chi connectivity index (χ1) is 8.11. The van der Waals surface area contributed by atoms with E-state index in [1.165, 1.54) is 0 Å². The molecule has 0 bridgehead atoms. The van der Waals surface area contributed by atoms with Gasteiger partial charge in [0.1, 0.15) is 0 Å². The Balaban J connectivity index is 2.47. The smallest absolute Gasteiger partial charge is 0.0675 e. The van der Waals surface area contributed by atoms with Crippen molar-refractivity contribution in [3.8, 4) is 11.8 Å². The molecule has 2 rings (SSSR count). The van der Waals surface area contributed by atoms with Gasteiger partial charge in [0.15, 0.2) is 0 Å². The molecule has 0 atom stereocenters. The zero-order valence-electron chi connectivity index (χ0n) is 9.74. The average Bonchev–Trinajstić information content (AvgIpc) is 2.60. The minimum absolute atomic E-state index is 0.404. The fraction of sp³-hybridized carbons (Fsp3) is 0.231. The van der Waals surface area contributed by atoms with E-state index in [0.717, 1.165) is 27.0 Å². The maximum atomic E-state index is 8.72. The molecule has 1 heterocycles. The van der Waals surface area contributed by atoms with E-state index in [0.29, 0.717) is 6.42 Å². The quantitative estimate of drug-likeness (QED) is 0.851. The Hall–Kier alpha value is -1.60. The van der Waals surface area contributed by atoms with Gasteiger partial charge in [0.2, 0.25) is 0 Å². The van der Waals surface area contributed by atoms with Gasteiger partial charge < -0.3 is 0 Å². The molecule has 2 aromatic rings. The molecule has 0 unspecified atom stereocenters. The Kier molecular flexibility index (Phi) is 3.30. The van der Waals surface area contributed by atoms with Gasteiger partial charge in [0.25, 0.3) is 0 Å². The fourth-order valence-electron chi connectivity index (χ4n) is 1.75. The predicted octanol–water partition coefficient (Wildman–Crippen LogP) is 3.32. The second-order valence-corrected chi connectivity index (χ2v) is 4.87. The van der Waals surface area contributed by atoms with Gasteiger partial charge in [-0.2, -0.15) is 10.4 Å². The summed E-state index contributed by atoms with van der Waals surface area (Å²) in [5.41, 5.74) is 4.08. The van der Waals surface area contributed by atoms with E-state index in [1.54, 1.807) is 0 Å². The van der Waals surface area contributed by atoms with Crippen molar-refractivity contribution in [2.24, 2.45) is 0 Å². The van der Waals surface area contributed by atoms with Crippen LogP contribution in [0.2, 0.25) is 0 Å². The number of nitrogens with zero attached hydrogens (tertiary/aromatic N) is 3. The van der Waals surface area contributed by atoms with E-state index in [-0.39, 0.29) is 0 Å². The molecular formula is C13H12BrN3. The molecule has 0 aliphatic heterocycles. The summed E-state index contributed by atoms with van der Waals surface area (Å²) in [7, 11) is 0. The van der Waals surface area contributed by atoms with Crippen LogP contribution in [-0.4, -0.2) is 9.78 Å². The Bertz CT molecular complexity index is 593. The molecule has 0 amide bonds. The number of aryl methyl sites for hydroxylation is 2. The van der Waals surface area contributed by atoms with Crippen molar-refractivity contribution in [2.75, 3.05) is 0 Å². The molecule has 0 aliphatic rings. The summed E-state index contributed by atoms with van der Waals surface area (Å²) in [6.07, 6.45) is 2.33. The number of aromatic nitrogens is 2. The molecule has 0 radical (unpaired) electrons. The first kappa shape index (κ1) is 11.9. The highest BCUT2D eigenvalue weighted by Gasteiger charge is 2.07. The van der Waals surface area contributed by atoms with E-state index in [2.05, 4.69) is 33.2 Å². The largest absolute Gasteiger partial charge is 0.240 e.